The fourth-order valence-electron chi connectivity index (χ4n) is 4.81. The van der Waals surface area contributed by atoms with Gasteiger partial charge in [-0.25, -0.2) is 0 Å². The fraction of sp³-hybridized carbons (Fsp3) is 0.161. The second-order valence-corrected chi connectivity index (χ2v) is 10.6. The van der Waals surface area contributed by atoms with E-state index in [1.165, 1.54) is 16.8 Å². The number of ether oxygens (including phenoxy) is 1. The summed E-state index contributed by atoms with van der Waals surface area (Å²) < 4.78 is 8.27. The van der Waals surface area contributed by atoms with Gasteiger partial charge in [-0.3, -0.25) is 10.2 Å². The van der Waals surface area contributed by atoms with Gasteiger partial charge in [-0.1, -0.05) is 66.2 Å². The van der Waals surface area contributed by atoms with E-state index < -0.39 is 5.91 Å². The number of carbonyl (C=O) groups is 1. The van der Waals surface area contributed by atoms with Crippen molar-refractivity contribution in [3.63, 3.8) is 0 Å². The van der Waals surface area contributed by atoms with Crippen LogP contribution in [0.15, 0.2) is 88.6 Å². The third-order valence-electron chi connectivity index (χ3n) is 6.86. The molecule has 0 bridgehead atoms. The van der Waals surface area contributed by atoms with Gasteiger partial charge in [0, 0.05) is 28.2 Å². The van der Waals surface area contributed by atoms with Crippen LogP contribution in [0.1, 0.15) is 27.8 Å². The molecule has 3 aromatic carbocycles. The summed E-state index contributed by atoms with van der Waals surface area (Å²) >= 11 is 1.30. The number of nitrogens with one attached hydrogen (secondary N) is 1. The molecule has 4 aromatic rings. The summed E-state index contributed by atoms with van der Waals surface area (Å²) in [5, 5.41) is 17.0. The van der Waals surface area contributed by atoms with Crippen molar-refractivity contribution in [1.82, 2.24) is 9.58 Å². The zero-order valence-electron chi connectivity index (χ0n) is 21.9. The third kappa shape index (κ3) is 4.68. The lowest BCUT2D eigenvalue weighted by atomic mass is 10.1. The van der Waals surface area contributed by atoms with E-state index in [4.69, 9.17) is 10.1 Å². The Hall–Kier alpha value is -4.43. The minimum Gasteiger partial charge on any atom is -0.491 e. The first kappa shape index (κ1) is 24.9. The quantitative estimate of drug-likeness (QED) is 0.294. The van der Waals surface area contributed by atoms with Crippen LogP contribution in [-0.2, 0) is 11.3 Å². The van der Waals surface area contributed by atoms with Crippen LogP contribution < -0.4 is 4.74 Å². The van der Waals surface area contributed by atoms with Gasteiger partial charge >= 0.3 is 0 Å². The molecule has 2 aliphatic rings. The number of hydrogen-bond donors (Lipinski definition) is 1. The van der Waals surface area contributed by atoms with E-state index in [2.05, 4.69) is 20.7 Å². The minimum absolute atomic E-state index is 0.0230. The van der Waals surface area contributed by atoms with Crippen LogP contribution in [0.25, 0.3) is 17.0 Å². The van der Waals surface area contributed by atoms with E-state index in [0.717, 1.165) is 44.5 Å². The van der Waals surface area contributed by atoms with Gasteiger partial charge in [0.05, 0.1) is 12.1 Å². The number of nitrogens with zero attached hydrogens (tertiary/aromatic N) is 4. The summed E-state index contributed by atoms with van der Waals surface area (Å²) in [6.07, 6.45) is 3.76. The molecule has 0 aliphatic carbocycles. The summed E-state index contributed by atoms with van der Waals surface area (Å²) in [5.41, 5.74) is 6.40. The minimum atomic E-state index is -0.436. The number of carbonyl (C=O) groups excluding carboxylic acids is 1. The molecule has 1 amide bonds. The number of amides is 1. The van der Waals surface area contributed by atoms with E-state index in [0.29, 0.717) is 23.4 Å². The van der Waals surface area contributed by atoms with E-state index in [1.807, 2.05) is 87.6 Å². The molecule has 194 valence electrons. The van der Waals surface area contributed by atoms with Crippen LogP contribution in [0.3, 0.4) is 0 Å². The first-order chi connectivity index (χ1) is 18.9. The van der Waals surface area contributed by atoms with Crippen molar-refractivity contribution in [2.75, 3.05) is 6.61 Å². The summed E-state index contributed by atoms with van der Waals surface area (Å²) in [6.45, 7) is 7.27. The highest BCUT2D eigenvalue weighted by Crippen LogP contribution is 2.32. The van der Waals surface area contributed by atoms with Crippen molar-refractivity contribution in [3.05, 3.63) is 106 Å². The average Bonchev–Trinajstić information content (AvgIpc) is 3.50. The van der Waals surface area contributed by atoms with E-state index in [9.17, 15) is 4.79 Å². The third-order valence-corrected chi connectivity index (χ3v) is 7.82. The maximum absolute atomic E-state index is 13.1. The van der Waals surface area contributed by atoms with Gasteiger partial charge in [0.25, 0.3) is 5.91 Å². The zero-order chi connectivity index (χ0) is 27.1. The Morgan fingerprint density at radius 1 is 0.974 bits per heavy atom. The van der Waals surface area contributed by atoms with Crippen molar-refractivity contribution in [2.24, 2.45) is 10.1 Å². The van der Waals surface area contributed by atoms with Crippen molar-refractivity contribution in [1.29, 1.82) is 5.41 Å². The van der Waals surface area contributed by atoms with Crippen LogP contribution in [0.2, 0.25) is 0 Å². The van der Waals surface area contributed by atoms with Crippen molar-refractivity contribution in [2.45, 2.75) is 27.3 Å². The van der Waals surface area contributed by atoms with E-state index in [-0.39, 0.29) is 11.4 Å². The summed E-state index contributed by atoms with van der Waals surface area (Å²) in [6, 6.07) is 22.2. The number of amidine groups is 2. The van der Waals surface area contributed by atoms with Gasteiger partial charge in [0.2, 0.25) is 5.17 Å². The van der Waals surface area contributed by atoms with Gasteiger partial charge in [0.1, 0.15) is 17.4 Å². The number of fused-ring (bicyclic) bond motifs is 2. The standard InChI is InChI=1S/C31H27N5O2S/c1-19-11-13-22(14-12-19)30-34-36-28(32)25(29(37)33-31(36)39-30)17-23-18-35(26-10-5-4-9-24(23)26)15-16-38-27-20(2)7-6-8-21(27)3/h4-14,17-18,32H,15-16H2,1-3H3. The second kappa shape index (κ2) is 10.0. The molecule has 6 rings (SSSR count). The van der Waals surface area contributed by atoms with Gasteiger partial charge in [-0.2, -0.15) is 15.1 Å². The Morgan fingerprint density at radius 3 is 2.49 bits per heavy atom. The molecule has 0 unspecified atom stereocenters. The highest BCUT2D eigenvalue weighted by Gasteiger charge is 2.36. The molecular weight excluding hydrogens is 506 g/mol. The molecule has 1 N–H and O–H groups in total. The molecule has 1 aromatic heterocycles. The lowest BCUT2D eigenvalue weighted by molar-refractivity contribution is -0.114. The summed E-state index contributed by atoms with van der Waals surface area (Å²) in [5.74, 6) is 0.504. The molecule has 0 spiro atoms. The topological polar surface area (TPSA) is 83.0 Å². The number of aryl methyl sites for hydroxylation is 3. The molecule has 0 fully saturated rings. The predicted octanol–water partition coefficient (Wildman–Crippen LogP) is 6.31. The highest BCUT2D eigenvalue weighted by atomic mass is 32.2. The van der Waals surface area contributed by atoms with Crippen molar-refractivity contribution < 1.29 is 9.53 Å². The number of aliphatic imine (C=N–C) groups is 1. The summed E-state index contributed by atoms with van der Waals surface area (Å²) in [7, 11) is 0. The molecule has 0 saturated heterocycles. The molecular formula is C31H27N5O2S. The Bertz CT molecular complexity index is 1710. The monoisotopic (exact) mass is 533 g/mol. The summed E-state index contributed by atoms with van der Waals surface area (Å²) in [4.78, 5) is 17.3. The largest absolute Gasteiger partial charge is 0.491 e. The maximum atomic E-state index is 13.1. The lowest BCUT2D eigenvalue weighted by Crippen LogP contribution is -2.35. The highest BCUT2D eigenvalue weighted by molar-refractivity contribution is 8.27. The molecule has 8 heteroatoms. The first-order valence-corrected chi connectivity index (χ1v) is 13.5. The molecule has 0 saturated carbocycles. The number of hydrazone groups is 1. The predicted molar refractivity (Wildman–Crippen MR) is 159 cm³/mol. The van der Waals surface area contributed by atoms with Gasteiger partial charge < -0.3 is 9.30 Å². The Morgan fingerprint density at radius 2 is 1.72 bits per heavy atom. The SMILES string of the molecule is Cc1ccc(C2=NN3C(=N)C(=Cc4cn(CCOc5c(C)cccc5C)c5ccccc45)C(=O)N=C3S2)cc1. The van der Waals surface area contributed by atoms with Crippen molar-refractivity contribution >= 4 is 50.7 Å². The lowest BCUT2D eigenvalue weighted by Gasteiger charge is -2.20. The number of hydrogen-bond acceptors (Lipinski definition) is 5. The molecule has 3 heterocycles. The first-order valence-electron chi connectivity index (χ1n) is 12.7. The second-order valence-electron chi connectivity index (χ2n) is 9.66. The van der Waals surface area contributed by atoms with Crippen LogP contribution in [-0.4, -0.2) is 38.1 Å². The molecule has 0 radical (unpaired) electrons. The Labute approximate surface area is 231 Å². The van der Waals surface area contributed by atoms with Crippen LogP contribution in [0.4, 0.5) is 0 Å². The van der Waals surface area contributed by atoms with Gasteiger partial charge in [-0.15, -0.1) is 0 Å². The average molecular weight is 534 g/mol. The van der Waals surface area contributed by atoms with E-state index >= 15 is 0 Å². The molecule has 0 atom stereocenters. The molecule has 39 heavy (non-hydrogen) atoms. The normalized spacial score (nSPS) is 16.1. The Balaban J connectivity index is 1.28. The van der Waals surface area contributed by atoms with E-state index in [1.54, 1.807) is 6.08 Å². The fourth-order valence-corrected chi connectivity index (χ4v) is 5.70. The number of benzene rings is 3. The number of thioether (sulfide) groups is 1. The van der Waals surface area contributed by atoms with Gasteiger partial charge in [0.15, 0.2) is 5.84 Å². The smallest absolute Gasteiger partial charge is 0.283 e. The molecule has 2 aliphatic heterocycles. The number of para-hydroxylation sites is 2. The van der Waals surface area contributed by atoms with Gasteiger partial charge in [-0.05, 0) is 55.8 Å². The number of rotatable bonds is 6. The number of aromatic nitrogens is 1. The van der Waals surface area contributed by atoms with Crippen LogP contribution in [0, 0.1) is 26.2 Å². The maximum Gasteiger partial charge on any atom is 0.283 e. The molecule has 7 nitrogen and oxygen atoms in total. The van der Waals surface area contributed by atoms with Crippen LogP contribution in [0.5, 0.6) is 5.75 Å². The van der Waals surface area contributed by atoms with Crippen molar-refractivity contribution in [3.8, 4) is 5.75 Å². The van der Waals surface area contributed by atoms with Crippen LogP contribution >= 0.6 is 11.8 Å². The Kier molecular flexibility index (Phi) is 6.40. The zero-order valence-corrected chi connectivity index (χ0v) is 22.7.